The highest BCUT2D eigenvalue weighted by atomic mass is 16.5. The summed E-state index contributed by atoms with van der Waals surface area (Å²) in [4.78, 5) is 13.0. The van der Waals surface area contributed by atoms with E-state index in [0.29, 0.717) is 13.2 Å². The molecular formula is C20H26N2O2. The summed E-state index contributed by atoms with van der Waals surface area (Å²) in [5.74, 6) is 0.996. The Balaban J connectivity index is 1.68. The van der Waals surface area contributed by atoms with E-state index in [-0.39, 0.29) is 5.91 Å². The van der Waals surface area contributed by atoms with Crippen LogP contribution in [0.5, 0.6) is 5.75 Å². The van der Waals surface area contributed by atoms with Crippen molar-refractivity contribution < 1.29 is 9.53 Å². The van der Waals surface area contributed by atoms with Crippen LogP contribution in [0.15, 0.2) is 48.8 Å². The lowest BCUT2D eigenvalue weighted by molar-refractivity contribution is -0.131. The molecule has 0 bridgehead atoms. The molecule has 4 nitrogen and oxygen atoms in total. The number of carbonyl (C=O) groups excluding carboxylic acids is 1. The van der Waals surface area contributed by atoms with Gasteiger partial charge in [-0.15, -0.1) is 0 Å². The minimum Gasteiger partial charge on any atom is -0.494 e. The van der Waals surface area contributed by atoms with Crippen molar-refractivity contribution in [2.24, 2.45) is 0 Å². The Labute approximate surface area is 143 Å². The van der Waals surface area contributed by atoms with Gasteiger partial charge in [0.1, 0.15) is 11.3 Å². The molecule has 4 heteroatoms. The summed E-state index contributed by atoms with van der Waals surface area (Å²) in [5, 5.41) is 3.15. The van der Waals surface area contributed by atoms with E-state index in [1.807, 2.05) is 55.7 Å². The lowest BCUT2D eigenvalue weighted by Gasteiger charge is -2.37. The molecule has 1 N–H and O–H groups in total. The fourth-order valence-electron chi connectivity index (χ4n) is 3.58. The maximum absolute atomic E-state index is 13.0. The summed E-state index contributed by atoms with van der Waals surface area (Å²) >= 11 is 0. The third-order valence-corrected chi connectivity index (χ3v) is 4.89. The average molecular weight is 326 g/mol. The Bertz CT molecular complexity index is 641. The van der Waals surface area contributed by atoms with E-state index in [2.05, 4.69) is 9.88 Å². The van der Waals surface area contributed by atoms with Gasteiger partial charge in [-0.3, -0.25) is 4.79 Å². The van der Waals surface area contributed by atoms with Crippen LogP contribution in [0.2, 0.25) is 0 Å². The smallest absolute Gasteiger partial charge is 0.246 e. The van der Waals surface area contributed by atoms with Crippen LogP contribution in [0.1, 0.15) is 44.6 Å². The number of nitrogens with zero attached hydrogens (tertiary/aromatic N) is 1. The predicted octanol–water partition coefficient (Wildman–Crippen LogP) is 3.86. The summed E-state index contributed by atoms with van der Waals surface area (Å²) in [5.41, 5.74) is 0.665. The van der Waals surface area contributed by atoms with Gasteiger partial charge in [0, 0.05) is 18.9 Å². The fourth-order valence-corrected chi connectivity index (χ4v) is 3.58. The van der Waals surface area contributed by atoms with Crippen molar-refractivity contribution in [3.63, 3.8) is 0 Å². The minimum atomic E-state index is -0.424. The molecule has 0 radical (unpaired) electrons. The molecule has 2 aromatic rings. The van der Waals surface area contributed by atoms with Crippen LogP contribution in [0, 0.1) is 0 Å². The summed E-state index contributed by atoms with van der Waals surface area (Å²) in [6.45, 7) is 3.18. The van der Waals surface area contributed by atoms with E-state index in [1.165, 1.54) is 6.42 Å². The summed E-state index contributed by atoms with van der Waals surface area (Å²) in [7, 11) is 0. The molecule has 0 saturated heterocycles. The highest BCUT2D eigenvalue weighted by molar-refractivity contribution is 5.84. The number of amides is 1. The highest BCUT2D eigenvalue weighted by Gasteiger charge is 2.40. The first-order chi connectivity index (χ1) is 11.7. The van der Waals surface area contributed by atoms with E-state index in [1.54, 1.807) is 0 Å². The highest BCUT2D eigenvalue weighted by Crippen LogP contribution is 2.35. The van der Waals surface area contributed by atoms with Crippen LogP contribution in [0.4, 0.5) is 0 Å². The number of benzene rings is 1. The molecule has 128 valence electrons. The molecule has 1 fully saturated rings. The molecule has 1 saturated carbocycles. The third-order valence-electron chi connectivity index (χ3n) is 4.89. The van der Waals surface area contributed by atoms with Gasteiger partial charge in [0.2, 0.25) is 5.91 Å². The van der Waals surface area contributed by atoms with E-state index >= 15 is 0 Å². The van der Waals surface area contributed by atoms with Crippen molar-refractivity contribution in [3.8, 4) is 5.75 Å². The zero-order valence-corrected chi connectivity index (χ0v) is 14.3. The van der Waals surface area contributed by atoms with E-state index in [9.17, 15) is 4.79 Å². The van der Waals surface area contributed by atoms with E-state index < -0.39 is 5.54 Å². The van der Waals surface area contributed by atoms with Gasteiger partial charge >= 0.3 is 0 Å². The standard InChI is InChI=1S/C20H26N2O2/c1-2-24-18-10-8-17(9-11-18)16-21-19(23)20(12-4-3-5-13-20)22-14-6-7-15-22/h6-11,14-15H,2-5,12-13,16H2,1H3,(H,21,23). The molecule has 1 heterocycles. The van der Waals surface area contributed by atoms with Crippen molar-refractivity contribution in [3.05, 3.63) is 54.4 Å². The van der Waals surface area contributed by atoms with Crippen molar-refractivity contribution in [1.82, 2.24) is 9.88 Å². The van der Waals surface area contributed by atoms with E-state index in [0.717, 1.165) is 37.0 Å². The van der Waals surface area contributed by atoms with Gasteiger partial charge in [-0.25, -0.2) is 0 Å². The largest absolute Gasteiger partial charge is 0.494 e. The maximum atomic E-state index is 13.0. The molecule has 1 aromatic heterocycles. The van der Waals surface area contributed by atoms with Gasteiger partial charge in [-0.1, -0.05) is 31.4 Å². The second-order valence-electron chi connectivity index (χ2n) is 6.44. The van der Waals surface area contributed by atoms with Crippen LogP contribution < -0.4 is 10.1 Å². The monoisotopic (exact) mass is 326 g/mol. The van der Waals surface area contributed by atoms with Gasteiger partial charge in [0.05, 0.1) is 6.61 Å². The third kappa shape index (κ3) is 3.48. The zero-order chi connectivity index (χ0) is 16.8. The number of ether oxygens (including phenoxy) is 1. The summed E-state index contributed by atoms with van der Waals surface area (Å²) in [6.07, 6.45) is 9.29. The molecular weight excluding hydrogens is 300 g/mol. The Morgan fingerprint density at radius 1 is 1.12 bits per heavy atom. The lowest BCUT2D eigenvalue weighted by Crippen LogP contribution is -2.49. The normalized spacial score (nSPS) is 16.5. The SMILES string of the molecule is CCOc1ccc(CNC(=O)C2(n3cccc3)CCCCC2)cc1. The summed E-state index contributed by atoms with van der Waals surface area (Å²) in [6, 6.07) is 11.9. The van der Waals surface area contributed by atoms with Crippen molar-refractivity contribution in [2.75, 3.05) is 6.61 Å². The van der Waals surface area contributed by atoms with Crippen molar-refractivity contribution in [1.29, 1.82) is 0 Å². The van der Waals surface area contributed by atoms with Crippen molar-refractivity contribution in [2.45, 2.75) is 51.1 Å². The number of nitrogens with one attached hydrogen (secondary N) is 1. The number of rotatable bonds is 6. The van der Waals surface area contributed by atoms with Gasteiger partial charge in [-0.2, -0.15) is 0 Å². The Hall–Kier alpha value is -2.23. The topological polar surface area (TPSA) is 43.3 Å². The van der Waals surface area contributed by atoms with Crippen molar-refractivity contribution >= 4 is 5.91 Å². The van der Waals surface area contributed by atoms with Crippen LogP contribution in [-0.2, 0) is 16.9 Å². The molecule has 0 spiro atoms. The van der Waals surface area contributed by atoms with Gasteiger partial charge in [-0.05, 0) is 49.6 Å². The number of hydrogen-bond donors (Lipinski definition) is 1. The zero-order valence-electron chi connectivity index (χ0n) is 14.3. The first-order valence-electron chi connectivity index (χ1n) is 8.88. The molecule has 1 amide bonds. The Kier molecular flexibility index (Phi) is 5.24. The van der Waals surface area contributed by atoms with Crippen LogP contribution in [0.25, 0.3) is 0 Å². The molecule has 3 rings (SSSR count). The van der Waals surface area contributed by atoms with Crippen LogP contribution in [-0.4, -0.2) is 17.1 Å². The van der Waals surface area contributed by atoms with Gasteiger partial charge in [0.15, 0.2) is 0 Å². The quantitative estimate of drug-likeness (QED) is 0.876. The predicted molar refractivity (Wildman–Crippen MR) is 94.9 cm³/mol. The Morgan fingerprint density at radius 3 is 2.42 bits per heavy atom. The second kappa shape index (κ2) is 7.56. The van der Waals surface area contributed by atoms with Crippen LogP contribution >= 0.6 is 0 Å². The van der Waals surface area contributed by atoms with Gasteiger partial charge in [0.25, 0.3) is 0 Å². The Morgan fingerprint density at radius 2 is 1.79 bits per heavy atom. The van der Waals surface area contributed by atoms with Gasteiger partial charge < -0.3 is 14.6 Å². The number of hydrogen-bond acceptors (Lipinski definition) is 2. The molecule has 0 aliphatic heterocycles. The maximum Gasteiger partial charge on any atom is 0.246 e. The molecule has 24 heavy (non-hydrogen) atoms. The molecule has 1 aromatic carbocycles. The lowest BCUT2D eigenvalue weighted by atomic mass is 9.80. The first kappa shape index (κ1) is 16.6. The fraction of sp³-hybridized carbons (Fsp3) is 0.450. The van der Waals surface area contributed by atoms with E-state index in [4.69, 9.17) is 4.74 Å². The van der Waals surface area contributed by atoms with Crippen LogP contribution in [0.3, 0.4) is 0 Å². The molecule has 0 unspecified atom stereocenters. The summed E-state index contributed by atoms with van der Waals surface area (Å²) < 4.78 is 7.55. The number of carbonyl (C=O) groups is 1. The molecule has 1 aliphatic rings. The second-order valence-corrected chi connectivity index (χ2v) is 6.44. The molecule has 1 aliphatic carbocycles. The average Bonchev–Trinajstić information content (AvgIpc) is 3.17. The minimum absolute atomic E-state index is 0.132. The number of aromatic nitrogens is 1. The molecule has 0 atom stereocenters. The first-order valence-corrected chi connectivity index (χ1v) is 8.88.